The van der Waals surface area contributed by atoms with Gasteiger partial charge >= 0.3 is 0 Å². The Labute approximate surface area is 137 Å². The minimum absolute atomic E-state index is 0.0459. The summed E-state index contributed by atoms with van der Waals surface area (Å²) in [5.41, 5.74) is 2.39. The Morgan fingerprint density at radius 1 is 1.04 bits per heavy atom. The highest BCUT2D eigenvalue weighted by molar-refractivity contribution is 5.31. The van der Waals surface area contributed by atoms with Gasteiger partial charge in [0.15, 0.2) is 0 Å². The number of para-hydroxylation sites is 1. The van der Waals surface area contributed by atoms with Gasteiger partial charge in [-0.15, -0.1) is 0 Å². The van der Waals surface area contributed by atoms with E-state index in [2.05, 4.69) is 17.0 Å². The number of nitrogens with zero attached hydrogens (tertiary/aromatic N) is 1. The van der Waals surface area contributed by atoms with Crippen LogP contribution in [-0.4, -0.2) is 37.7 Å². The largest absolute Gasteiger partial charge is 0.491 e. The molecule has 4 nitrogen and oxygen atoms in total. The van der Waals surface area contributed by atoms with Crippen LogP contribution in [-0.2, 0) is 16.0 Å². The maximum atomic E-state index is 5.93. The van der Waals surface area contributed by atoms with E-state index < -0.39 is 0 Å². The summed E-state index contributed by atoms with van der Waals surface area (Å²) < 4.78 is 17.5. The van der Waals surface area contributed by atoms with Gasteiger partial charge in [-0.05, 0) is 24.1 Å². The minimum atomic E-state index is -0.0459. The molecule has 23 heavy (non-hydrogen) atoms. The molecule has 4 heteroatoms. The van der Waals surface area contributed by atoms with Crippen LogP contribution in [0.15, 0.2) is 54.6 Å². The second-order valence-corrected chi connectivity index (χ2v) is 5.81. The van der Waals surface area contributed by atoms with E-state index in [1.165, 1.54) is 5.56 Å². The molecular weight excluding hydrogens is 290 g/mol. The van der Waals surface area contributed by atoms with Crippen LogP contribution in [0.25, 0.3) is 0 Å². The van der Waals surface area contributed by atoms with Crippen LogP contribution in [0.2, 0.25) is 0 Å². The summed E-state index contributed by atoms with van der Waals surface area (Å²) in [5.74, 6) is 0.904. The van der Waals surface area contributed by atoms with Crippen LogP contribution in [0.3, 0.4) is 0 Å². The lowest BCUT2D eigenvalue weighted by atomic mass is 10.2. The summed E-state index contributed by atoms with van der Waals surface area (Å²) in [6.45, 7) is 5.06. The van der Waals surface area contributed by atoms with E-state index in [0.29, 0.717) is 26.7 Å². The molecule has 1 atom stereocenters. The van der Waals surface area contributed by atoms with Crippen molar-refractivity contribution in [2.45, 2.75) is 19.6 Å². The molecule has 3 rings (SSSR count). The number of aryl methyl sites for hydroxylation is 1. The molecule has 0 spiro atoms. The minimum Gasteiger partial charge on any atom is -0.491 e. The topological polar surface area (TPSA) is 30.9 Å². The number of ether oxygens (including phenoxy) is 3. The molecule has 1 aliphatic heterocycles. The van der Waals surface area contributed by atoms with E-state index in [1.807, 2.05) is 49.4 Å². The summed E-state index contributed by atoms with van der Waals surface area (Å²) in [7, 11) is 0. The molecule has 2 aromatic carbocycles. The Hall–Kier alpha value is -1.88. The summed E-state index contributed by atoms with van der Waals surface area (Å²) in [6, 6.07) is 18.4. The first kappa shape index (κ1) is 16.0. The predicted molar refractivity (Wildman–Crippen MR) is 89.2 cm³/mol. The third-order valence-electron chi connectivity index (χ3n) is 3.84. The molecule has 122 valence electrons. The van der Waals surface area contributed by atoms with Crippen LogP contribution >= 0.6 is 0 Å². The zero-order valence-electron chi connectivity index (χ0n) is 13.5. The van der Waals surface area contributed by atoms with E-state index in [4.69, 9.17) is 14.2 Å². The van der Waals surface area contributed by atoms with Crippen molar-refractivity contribution in [2.24, 2.45) is 0 Å². The lowest BCUT2D eigenvalue weighted by Gasteiger charge is -2.19. The van der Waals surface area contributed by atoms with Crippen molar-refractivity contribution in [1.29, 1.82) is 0 Å². The van der Waals surface area contributed by atoms with E-state index in [-0.39, 0.29) is 6.10 Å². The fraction of sp³-hybridized carbons (Fsp3) is 0.368. The third kappa shape index (κ3) is 4.79. The van der Waals surface area contributed by atoms with Crippen LogP contribution in [0, 0.1) is 6.92 Å². The average molecular weight is 313 g/mol. The molecule has 1 saturated heterocycles. The monoisotopic (exact) mass is 313 g/mol. The standard InChI is InChI=1S/C19H23NO3/c1-16-7-5-6-10-19(16)22-13-18-12-21-14-20(15-23-18)11-17-8-3-2-4-9-17/h2-10,18H,11-15H2,1H3/t18-/m0/s1. The van der Waals surface area contributed by atoms with Crippen molar-refractivity contribution in [2.75, 3.05) is 26.7 Å². The van der Waals surface area contributed by atoms with Crippen molar-refractivity contribution in [3.05, 3.63) is 65.7 Å². The van der Waals surface area contributed by atoms with Gasteiger partial charge in [0, 0.05) is 6.54 Å². The van der Waals surface area contributed by atoms with Gasteiger partial charge in [-0.2, -0.15) is 0 Å². The summed E-state index contributed by atoms with van der Waals surface area (Å²) >= 11 is 0. The SMILES string of the molecule is Cc1ccccc1OC[C@@H]1COCN(Cc2ccccc2)CO1. The number of hydrogen-bond acceptors (Lipinski definition) is 4. The highest BCUT2D eigenvalue weighted by atomic mass is 16.6. The lowest BCUT2D eigenvalue weighted by Crippen LogP contribution is -2.28. The van der Waals surface area contributed by atoms with Gasteiger partial charge in [-0.3, -0.25) is 4.90 Å². The first-order valence-corrected chi connectivity index (χ1v) is 7.95. The lowest BCUT2D eigenvalue weighted by molar-refractivity contribution is -0.0215. The molecule has 0 amide bonds. The Morgan fingerprint density at radius 2 is 1.83 bits per heavy atom. The van der Waals surface area contributed by atoms with E-state index in [0.717, 1.165) is 17.9 Å². The second kappa shape index (κ2) is 8.11. The van der Waals surface area contributed by atoms with Gasteiger partial charge in [-0.25, -0.2) is 0 Å². The van der Waals surface area contributed by atoms with E-state index in [1.54, 1.807) is 0 Å². The highest BCUT2D eigenvalue weighted by Crippen LogP contribution is 2.17. The molecule has 0 unspecified atom stereocenters. The molecule has 0 N–H and O–H groups in total. The molecule has 1 aliphatic rings. The van der Waals surface area contributed by atoms with Crippen molar-refractivity contribution in [3.63, 3.8) is 0 Å². The molecule has 0 radical (unpaired) electrons. The molecule has 0 aromatic heterocycles. The van der Waals surface area contributed by atoms with Crippen LogP contribution < -0.4 is 4.74 Å². The van der Waals surface area contributed by atoms with Gasteiger partial charge in [0.05, 0.1) is 6.61 Å². The normalized spacial score (nSPS) is 19.3. The average Bonchev–Trinajstić information content (AvgIpc) is 2.80. The fourth-order valence-electron chi connectivity index (χ4n) is 2.54. The maximum absolute atomic E-state index is 5.93. The van der Waals surface area contributed by atoms with Crippen molar-refractivity contribution in [1.82, 2.24) is 4.90 Å². The molecule has 1 fully saturated rings. The maximum Gasteiger partial charge on any atom is 0.122 e. The third-order valence-corrected chi connectivity index (χ3v) is 3.84. The Morgan fingerprint density at radius 3 is 2.65 bits per heavy atom. The molecule has 0 bridgehead atoms. The highest BCUT2D eigenvalue weighted by Gasteiger charge is 2.18. The predicted octanol–water partition coefficient (Wildman–Crippen LogP) is 3.21. The van der Waals surface area contributed by atoms with Crippen LogP contribution in [0.4, 0.5) is 0 Å². The zero-order chi connectivity index (χ0) is 15.9. The van der Waals surface area contributed by atoms with E-state index >= 15 is 0 Å². The van der Waals surface area contributed by atoms with Gasteiger partial charge in [-0.1, -0.05) is 48.5 Å². The molecule has 1 heterocycles. The van der Waals surface area contributed by atoms with Gasteiger partial charge in [0.25, 0.3) is 0 Å². The van der Waals surface area contributed by atoms with Gasteiger partial charge in [0.2, 0.25) is 0 Å². The molecule has 0 saturated carbocycles. The fourth-order valence-corrected chi connectivity index (χ4v) is 2.54. The summed E-state index contributed by atoms with van der Waals surface area (Å²) in [5, 5.41) is 0. The number of hydrogen-bond donors (Lipinski definition) is 0. The van der Waals surface area contributed by atoms with Crippen molar-refractivity contribution >= 4 is 0 Å². The Balaban J connectivity index is 1.48. The van der Waals surface area contributed by atoms with Crippen molar-refractivity contribution in [3.8, 4) is 5.75 Å². The second-order valence-electron chi connectivity index (χ2n) is 5.81. The van der Waals surface area contributed by atoms with Gasteiger partial charge < -0.3 is 14.2 Å². The number of rotatable bonds is 5. The summed E-state index contributed by atoms with van der Waals surface area (Å²) in [4.78, 5) is 2.14. The van der Waals surface area contributed by atoms with Gasteiger partial charge in [0.1, 0.15) is 31.9 Å². The Kier molecular flexibility index (Phi) is 5.64. The van der Waals surface area contributed by atoms with Crippen LogP contribution in [0.5, 0.6) is 5.75 Å². The zero-order valence-corrected chi connectivity index (χ0v) is 13.5. The smallest absolute Gasteiger partial charge is 0.122 e. The van der Waals surface area contributed by atoms with Crippen LogP contribution in [0.1, 0.15) is 11.1 Å². The Bertz CT molecular complexity index is 603. The molecular formula is C19H23NO3. The molecule has 0 aliphatic carbocycles. The summed E-state index contributed by atoms with van der Waals surface area (Å²) in [6.07, 6.45) is -0.0459. The number of benzene rings is 2. The first-order valence-electron chi connectivity index (χ1n) is 7.95. The molecule has 2 aromatic rings. The quantitative estimate of drug-likeness (QED) is 0.848. The van der Waals surface area contributed by atoms with E-state index in [9.17, 15) is 0 Å². The van der Waals surface area contributed by atoms with Crippen molar-refractivity contribution < 1.29 is 14.2 Å². The first-order chi connectivity index (χ1) is 11.3.